The highest BCUT2D eigenvalue weighted by Gasteiger charge is 2.29. The van der Waals surface area contributed by atoms with Gasteiger partial charge in [0.15, 0.2) is 0 Å². The Hall–Kier alpha value is -0.610. The van der Waals surface area contributed by atoms with E-state index in [0.717, 1.165) is 38.9 Å². The zero-order valence-corrected chi connectivity index (χ0v) is 9.82. The molecule has 2 saturated heterocycles. The van der Waals surface area contributed by atoms with Crippen molar-refractivity contribution in [2.75, 3.05) is 26.2 Å². The van der Waals surface area contributed by atoms with Crippen molar-refractivity contribution >= 4 is 5.91 Å². The average Bonchev–Trinajstić information content (AvgIpc) is 2.24. The second kappa shape index (κ2) is 5.64. The number of carbonyl (C=O) groups excluding carboxylic acids is 1. The number of nitrogens with one attached hydrogen (secondary N) is 1. The van der Waals surface area contributed by atoms with Gasteiger partial charge < -0.3 is 15.3 Å². The molecule has 4 heteroatoms. The predicted molar refractivity (Wildman–Crippen MR) is 62.0 cm³/mol. The van der Waals surface area contributed by atoms with Crippen LogP contribution in [0.2, 0.25) is 0 Å². The molecule has 0 spiro atoms. The number of aliphatic hydroxyl groups is 1. The summed E-state index contributed by atoms with van der Waals surface area (Å²) >= 11 is 0. The molecule has 1 amide bonds. The van der Waals surface area contributed by atoms with Crippen molar-refractivity contribution < 1.29 is 9.90 Å². The van der Waals surface area contributed by atoms with Gasteiger partial charge in [0.05, 0.1) is 0 Å². The topological polar surface area (TPSA) is 52.6 Å². The minimum Gasteiger partial charge on any atom is -0.396 e. The van der Waals surface area contributed by atoms with Crippen LogP contribution in [-0.2, 0) is 4.79 Å². The maximum atomic E-state index is 12.1. The van der Waals surface area contributed by atoms with Crippen LogP contribution in [0.25, 0.3) is 0 Å². The molecule has 2 aliphatic rings. The van der Waals surface area contributed by atoms with Crippen molar-refractivity contribution in [1.82, 2.24) is 10.2 Å². The molecule has 0 aliphatic carbocycles. The third kappa shape index (κ3) is 2.74. The van der Waals surface area contributed by atoms with Crippen LogP contribution in [0.15, 0.2) is 0 Å². The summed E-state index contributed by atoms with van der Waals surface area (Å²) in [5, 5.41) is 12.2. The van der Waals surface area contributed by atoms with Gasteiger partial charge in [-0.15, -0.1) is 0 Å². The number of rotatable bonds is 4. The van der Waals surface area contributed by atoms with E-state index < -0.39 is 0 Å². The van der Waals surface area contributed by atoms with Crippen molar-refractivity contribution in [3.8, 4) is 0 Å². The Morgan fingerprint density at radius 2 is 2.19 bits per heavy atom. The fraction of sp³-hybridized carbons (Fsp3) is 0.917. The SMILES string of the molecule is O=C(CC1CNC1)N1CCCCC1CCO. The smallest absolute Gasteiger partial charge is 0.223 e. The number of amides is 1. The molecular formula is C12H22N2O2. The van der Waals surface area contributed by atoms with E-state index in [1.165, 1.54) is 6.42 Å². The monoisotopic (exact) mass is 226 g/mol. The van der Waals surface area contributed by atoms with E-state index in [9.17, 15) is 4.79 Å². The largest absolute Gasteiger partial charge is 0.396 e. The van der Waals surface area contributed by atoms with E-state index in [1.807, 2.05) is 4.90 Å². The zero-order valence-electron chi connectivity index (χ0n) is 9.82. The molecule has 2 heterocycles. The molecule has 2 N–H and O–H groups in total. The van der Waals surface area contributed by atoms with Crippen LogP contribution in [0.3, 0.4) is 0 Å². The Morgan fingerprint density at radius 1 is 1.38 bits per heavy atom. The van der Waals surface area contributed by atoms with Crippen molar-refractivity contribution in [2.45, 2.75) is 38.1 Å². The van der Waals surface area contributed by atoms with Crippen molar-refractivity contribution in [3.05, 3.63) is 0 Å². The van der Waals surface area contributed by atoms with Gasteiger partial charge in [-0.1, -0.05) is 0 Å². The molecule has 2 rings (SSSR count). The van der Waals surface area contributed by atoms with Crippen molar-refractivity contribution in [2.24, 2.45) is 5.92 Å². The van der Waals surface area contributed by atoms with Crippen LogP contribution >= 0.6 is 0 Å². The first-order valence-corrected chi connectivity index (χ1v) is 6.42. The highest BCUT2D eigenvalue weighted by molar-refractivity contribution is 5.77. The molecule has 0 aromatic rings. The first-order valence-electron chi connectivity index (χ1n) is 6.42. The lowest BCUT2D eigenvalue weighted by Gasteiger charge is -2.37. The summed E-state index contributed by atoms with van der Waals surface area (Å²) in [6, 6.07) is 0.291. The number of aliphatic hydroxyl groups excluding tert-OH is 1. The second-order valence-corrected chi connectivity index (χ2v) is 4.98. The fourth-order valence-electron chi connectivity index (χ4n) is 2.64. The Labute approximate surface area is 97.0 Å². The minimum absolute atomic E-state index is 0.194. The van der Waals surface area contributed by atoms with Crippen LogP contribution in [0.5, 0.6) is 0 Å². The molecular weight excluding hydrogens is 204 g/mol. The molecule has 4 nitrogen and oxygen atoms in total. The number of nitrogens with zero attached hydrogens (tertiary/aromatic N) is 1. The van der Waals surface area contributed by atoms with Gasteiger partial charge >= 0.3 is 0 Å². The molecule has 1 atom stereocenters. The van der Waals surface area contributed by atoms with Crippen LogP contribution in [-0.4, -0.2) is 48.2 Å². The summed E-state index contributed by atoms with van der Waals surface area (Å²) in [6.07, 6.45) is 4.81. The lowest BCUT2D eigenvalue weighted by atomic mass is 9.95. The van der Waals surface area contributed by atoms with Gasteiger partial charge in [0.25, 0.3) is 0 Å². The molecule has 92 valence electrons. The highest BCUT2D eigenvalue weighted by Crippen LogP contribution is 2.22. The van der Waals surface area contributed by atoms with E-state index in [2.05, 4.69) is 5.32 Å². The molecule has 0 bridgehead atoms. The Balaban J connectivity index is 1.85. The standard InChI is InChI=1S/C12H22N2O2/c15-6-4-11-3-1-2-5-14(11)12(16)7-10-8-13-9-10/h10-11,13,15H,1-9H2. The van der Waals surface area contributed by atoms with E-state index in [4.69, 9.17) is 5.11 Å². The van der Waals surface area contributed by atoms with E-state index >= 15 is 0 Å². The molecule has 2 fully saturated rings. The average molecular weight is 226 g/mol. The first-order chi connectivity index (χ1) is 7.81. The Morgan fingerprint density at radius 3 is 2.81 bits per heavy atom. The van der Waals surface area contributed by atoms with Gasteiger partial charge in [-0.05, 0) is 44.7 Å². The third-order valence-electron chi connectivity index (χ3n) is 3.74. The van der Waals surface area contributed by atoms with Gasteiger partial charge in [-0.3, -0.25) is 4.79 Å². The van der Waals surface area contributed by atoms with E-state index in [1.54, 1.807) is 0 Å². The summed E-state index contributed by atoms with van der Waals surface area (Å²) in [5.41, 5.74) is 0. The van der Waals surface area contributed by atoms with Crippen molar-refractivity contribution in [1.29, 1.82) is 0 Å². The molecule has 0 aromatic carbocycles. The number of hydrogen-bond donors (Lipinski definition) is 2. The summed E-state index contributed by atoms with van der Waals surface area (Å²) < 4.78 is 0. The second-order valence-electron chi connectivity index (χ2n) is 4.98. The van der Waals surface area contributed by atoms with Gasteiger partial charge in [0.2, 0.25) is 5.91 Å². The number of piperidine rings is 1. The predicted octanol–water partition coefficient (Wildman–Crippen LogP) is 0.359. The summed E-state index contributed by atoms with van der Waals surface area (Å²) in [6.45, 7) is 3.07. The molecule has 0 saturated carbocycles. The van der Waals surface area contributed by atoms with Crippen LogP contribution in [0.1, 0.15) is 32.1 Å². The molecule has 2 aliphatic heterocycles. The zero-order chi connectivity index (χ0) is 11.4. The minimum atomic E-state index is 0.194. The summed E-state index contributed by atoms with van der Waals surface area (Å²) in [7, 11) is 0. The number of carbonyl (C=O) groups is 1. The highest BCUT2D eigenvalue weighted by atomic mass is 16.3. The van der Waals surface area contributed by atoms with E-state index in [-0.39, 0.29) is 6.61 Å². The van der Waals surface area contributed by atoms with Gasteiger partial charge in [0.1, 0.15) is 0 Å². The van der Waals surface area contributed by atoms with Crippen LogP contribution < -0.4 is 5.32 Å². The maximum Gasteiger partial charge on any atom is 0.223 e. The number of likely N-dealkylation sites (tertiary alicyclic amines) is 1. The molecule has 0 radical (unpaired) electrons. The normalized spacial score (nSPS) is 26.6. The Kier molecular flexibility index (Phi) is 4.18. The van der Waals surface area contributed by atoms with Crippen LogP contribution in [0.4, 0.5) is 0 Å². The third-order valence-corrected chi connectivity index (χ3v) is 3.74. The van der Waals surface area contributed by atoms with Crippen LogP contribution in [0, 0.1) is 5.92 Å². The first kappa shape index (κ1) is 11.9. The van der Waals surface area contributed by atoms with E-state index in [0.29, 0.717) is 24.3 Å². The maximum absolute atomic E-state index is 12.1. The Bertz CT molecular complexity index is 239. The molecule has 16 heavy (non-hydrogen) atoms. The lowest BCUT2D eigenvalue weighted by Crippen LogP contribution is -2.49. The fourth-order valence-corrected chi connectivity index (χ4v) is 2.64. The summed E-state index contributed by atoms with van der Waals surface area (Å²) in [5.74, 6) is 0.842. The number of hydrogen-bond acceptors (Lipinski definition) is 3. The quantitative estimate of drug-likeness (QED) is 0.728. The summed E-state index contributed by atoms with van der Waals surface area (Å²) in [4.78, 5) is 14.1. The van der Waals surface area contributed by atoms with Gasteiger partial charge in [-0.25, -0.2) is 0 Å². The van der Waals surface area contributed by atoms with Gasteiger partial charge in [-0.2, -0.15) is 0 Å². The lowest BCUT2D eigenvalue weighted by molar-refractivity contribution is -0.136. The molecule has 0 aromatic heterocycles. The van der Waals surface area contributed by atoms with Crippen molar-refractivity contribution in [3.63, 3.8) is 0 Å². The van der Waals surface area contributed by atoms with Gasteiger partial charge in [0, 0.05) is 25.6 Å². The molecule has 1 unspecified atom stereocenters.